The van der Waals surface area contributed by atoms with Gasteiger partial charge in [0.1, 0.15) is 23.3 Å². The van der Waals surface area contributed by atoms with Gasteiger partial charge in [-0.1, -0.05) is 19.1 Å². The lowest BCUT2D eigenvalue weighted by Gasteiger charge is -2.28. The molecule has 24 heavy (non-hydrogen) atoms. The van der Waals surface area contributed by atoms with Crippen LogP contribution in [0, 0.1) is 28.9 Å². The van der Waals surface area contributed by atoms with Gasteiger partial charge < -0.3 is 4.74 Å². The topological polar surface area (TPSA) is 33.0 Å². The van der Waals surface area contributed by atoms with Crippen LogP contribution in [-0.4, -0.2) is 12.7 Å². The molecule has 0 aromatic heterocycles. The van der Waals surface area contributed by atoms with Crippen molar-refractivity contribution in [2.75, 3.05) is 6.61 Å². The van der Waals surface area contributed by atoms with Crippen LogP contribution in [0.15, 0.2) is 24.3 Å². The lowest BCUT2D eigenvalue weighted by Crippen LogP contribution is -2.22. The van der Waals surface area contributed by atoms with Crippen molar-refractivity contribution in [1.29, 1.82) is 5.26 Å². The zero-order valence-corrected chi connectivity index (χ0v) is 14.2. The van der Waals surface area contributed by atoms with Crippen LogP contribution in [0.25, 0.3) is 0 Å². The molecule has 2 nitrogen and oxygen atoms in total. The average molecular weight is 333 g/mol. The standard InChI is InChI=1S/C20H25F2NO/c1-2-3-4-11-24-17-9-7-15(8-10-17)5-6-16-12-19(21)18(14-23)20(22)13-16/h3-4,12-13,15,17H,2,5-11H2,1H3/b4-3+. The molecule has 0 bridgehead atoms. The summed E-state index contributed by atoms with van der Waals surface area (Å²) >= 11 is 0. The van der Waals surface area contributed by atoms with Gasteiger partial charge in [-0.15, -0.1) is 0 Å². The summed E-state index contributed by atoms with van der Waals surface area (Å²) in [7, 11) is 0. The third-order valence-electron chi connectivity index (χ3n) is 4.68. The van der Waals surface area contributed by atoms with E-state index in [1.165, 1.54) is 12.1 Å². The van der Waals surface area contributed by atoms with Gasteiger partial charge in [0.15, 0.2) is 0 Å². The Kier molecular flexibility index (Phi) is 7.39. The van der Waals surface area contributed by atoms with Gasteiger partial charge in [-0.2, -0.15) is 5.26 Å². The summed E-state index contributed by atoms with van der Waals surface area (Å²) in [6.45, 7) is 2.79. The van der Waals surface area contributed by atoms with E-state index in [0.717, 1.165) is 38.5 Å². The zero-order chi connectivity index (χ0) is 17.4. The second kappa shape index (κ2) is 9.54. The Balaban J connectivity index is 1.75. The summed E-state index contributed by atoms with van der Waals surface area (Å²) in [5.74, 6) is -0.938. The molecule has 0 N–H and O–H groups in total. The van der Waals surface area contributed by atoms with E-state index in [9.17, 15) is 8.78 Å². The molecule has 0 radical (unpaired) electrons. The molecule has 4 heteroatoms. The highest BCUT2D eigenvalue weighted by atomic mass is 19.1. The first-order valence-corrected chi connectivity index (χ1v) is 8.78. The molecule has 1 aliphatic carbocycles. The molecule has 1 fully saturated rings. The normalized spacial score (nSPS) is 21.1. The first-order chi connectivity index (χ1) is 11.6. The number of allylic oxidation sites excluding steroid dienone is 1. The highest BCUT2D eigenvalue weighted by Gasteiger charge is 2.21. The minimum Gasteiger partial charge on any atom is -0.374 e. The zero-order valence-electron chi connectivity index (χ0n) is 14.2. The lowest BCUT2D eigenvalue weighted by atomic mass is 9.83. The lowest BCUT2D eigenvalue weighted by molar-refractivity contribution is 0.0336. The number of halogens is 2. The fourth-order valence-corrected chi connectivity index (χ4v) is 3.26. The van der Waals surface area contributed by atoms with E-state index in [-0.39, 0.29) is 0 Å². The Morgan fingerprint density at radius 2 is 1.83 bits per heavy atom. The minimum atomic E-state index is -0.759. The Morgan fingerprint density at radius 3 is 2.42 bits per heavy atom. The van der Waals surface area contributed by atoms with Crippen molar-refractivity contribution in [3.05, 3.63) is 47.0 Å². The van der Waals surface area contributed by atoms with E-state index >= 15 is 0 Å². The maximum atomic E-state index is 13.6. The molecule has 1 aromatic rings. The number of hydrogen-bond donors (Lipinski definition) is 0. The highest BCUT2D eigenvalue weighted by Crippen LogP contribution is 2.30. The van der Waals surface area contributed by atoms with E-state index in [4.69, 9.17) is 10.00 Å². The first-order valence-electron chi connectivity index (χ1n) is 8.78. The summed E-state index contributed by atoms with van der Waals surface area (Å²) in [4.78, 5) is 0. The van der Waals surface area contributed by atoms with Crippen LogP contribution in [-0.2, 0) is 11.2 Å². The van der Waals surface area contributed by atoms with E-state index in [1.54, 1.807) is 6.07 Å². The molecular weight excluding hydrogens is 308 g/mol. The first kappa shape index (κ1) is 18.6. The van der Waals surface area contributed by atoms with Crippen molar-refractivity contribution >= 4 is 0 Å². The number of ether oxygens (including phenoxy) is 1. The molecule has 0 saturated heterocycles. The van der Waals surface area contributed by atoms with Gasteiger partial charge in [0.2, 0.25) is 0 Å². The number of nitriles is 1. The molecule has 1 saturated carbocycles. The highest BCUT2D eigenvalue weighted by molar-refractivity contribution is 5.35. The molecule has 0 spiro atoms. The second-order valence-electron chi connectivity index (χ2n) is 6.44. The Labute approximate surface area is 143 Å². The van der Waals surface area contributed by atoms with Crippen molar-refractivity contribution in [3.63, 3.8) is 0 Å². The van der Waals surface area contributed by atoms with Crippen LogP contribution in [0.1, 0.15) is 56.6 Å². The summed E-state index contributed by atoms with van der Waals surface area (Å²) in [6, 6.07) is 4.13. The van der Waals surface area contributed by atoms with Gasteiger partial charge in [0.05, 0.1) is 12.7 Å². The summed E-state index contributed by atoms with van der Waals surface area (Å²) < 4.78 is 33.1. The van der Waals surface area contributed by atoms with Crippen LogP contribution in [0.3, 0.4) is 0 Å². The molecular formula is C20H25F2NO. The van der Waals surface area contributed by atoms with Crippen LogP contribution >= 0.6 is 0 Å². The monoisotopic (exact) mass is 333 g/mol. The number of benzene rings is 1. The minimum absolute atomic E-state index is 0.340. The Hall–Kier alpha value is -1.73. The number of aryl methyl sites for hydroxylation is 1. The largest absolute Gasteiger partial charge is 0.374 e. The van der Waals surface area contributed by atoms with Gasteiger partial charge in [0, 0.05) is 0 Å². The third-order valence-corrected chi connectivity index (χ3v) is 4.68. The Bertz CT molecular complexity index is 575. The molecule has 0 unspecified atom stereocenters. The maximum Gasteiger partial charge on any atom is 0.144 e. The van der Waals surface area contributed by atoms with Crippen molar-refractivity contribution in [1.82, 2.24) is 0 Å². The second-order valence-corrected chi connectivity index (χ2v) is 6.44. The van der Waals surface area contributed by atoms with E-state index in [0.29, 0.717) is 30.6 Å². The van der Waals surface area contributed by atoms with Gasteiger partial charge in [0.25, 0.3) is 0 Å². The van der Waals surface area contributed by atoms with Crippen molar-refractivity contribution in [3.8, 4) is 6.07 Å². The molecule has 2 rings (SSSR count). The molecule has 0 aliphatic heterocycles. The fraction of sp³-hybridized carbons (Fsp3) is 0.550. The van der Waals surface area contributed by atoms with E-state index < -0.39 is 17.2 Å². The number of nitrogens with zero attached hydrogens (tertiary/aromatic N) is 1. The third kappa shape index (κ3) is 5.42. The van der Waals surface area contributed by atoms with Gasteiger partial charge >= 0.3 is 0 Å². The SMILES string of the molecule is CC/C=C/COC1CCC(CCc2cc(F)c(C#N)c(F)c2)CC1. The van der Waals surface area contributed by atoms with Crippen molar-refractivity contribution in [2.24, 2.45) is 5.92 Å². The summed E-state index contributed by atoms with van der Waals surface area (Å²) in [5, 5.41) is 8.69. The van der Waals surface area contributed by atoms with Crippen LogP contribution in [0.5, 0.6) is 0 Å². The average Bonchev–Trinajstić information content (AvgIpc) is 2.58. The van der Waals surface area contributed by atoms with E-state index in [1.807, 2.05) is 0 Å². The summed E-state index contributed by atoms with van der Waals surface area (Å²) in [5.41, 5.74) is 0.139. The molecule has 0 amide bonds. The molecule has 1 aromatic carbocycles. The predicted octanol–water partition coefficient (Wildman–Crippen LogP) is 5.31. The fourth-order valence-electron chi connectivity index (χ4n) is 3.26. The number of rotatable bonds is 7. The maximum absolute atomic E-state index is 13.6. The van der Waals surface area contributed by atoms with Crippen molar-refractivity contribution < 1.29 is 13.5 Å². The van der Waals surface area contributed by atoms with Gasteiger partial charge in [-0.05, 0) is 68.6 Å². The van der Waals surface area contributed by atoms with Gasteiger partial charge in [-0.25, -0.2) is 8.78 Å². The molecule has 1 aliphatic rings. The smallest absolute Gasteiger partial charge is 0.144 e. The Morgan fingerprint density at radius 1 is 1.17 bits per heavy atom. The predicted molar refractivity (Wildman–Crippen MR) is 90.5 cm³/mol. The van der Waals surface area contributed by atoms with Crippen LogP contribution in [0.4, 0.5) is 8.78 Å². The summed E-state index contributed by atoms with van der Waals surface area (Å²) in [6.07, 6.45) is 11.4. The quantitative estimate of drug-likeness (QED) is 0.633. The van der Waals surface area contributed by atoms with E-state index in [2.05, 4.69) is 19.1 Å². The number of hydrogen-bond acceptors (Lipinski definition) is 2. The molecule has 0 atom stereocenters. The van der Waals surface area contributed by atoms with Crippen molar-refractivity contribution in [2.45, 2.75) is 58.0 Å². The van der Waals surface area contributed by atoms with Crippen LogP contribution in [0.2, 0.25) is 0 Å². The van der Waals surface area contributed by atoms with Crippen LogP contribution < -0.4 is 0 Å². The molecule has 0 heterocycles. The van der Waals surface area contributed by atoms with Gasteiger partial charge in [-0.3, -0.25) is 0 Å². The molecule has 130 valence electrons.